The number of alkyl halides is 1. The summed E-state index contributed by atoms with van der Waals surface area (Å²) in [5, 5.41) is 0. The van der Waals surface area contributed by atoms with E-state index in [1.54, 1.807) is 7.11 Å². The predicted octanol–water partition coefficient (Wildman–Crippen LogP) is 2.35. The summed E-state index contributed by atoms with van der Waals surface area (Å²) in [5.74, 6) is 0.852. The molecular weight excluding hydrogens is 231 g/mol. The third kappa shape index (κ3) is 2.93. The van der Waals surface area contributed by atoms with Gasteiger partial charge in [-0.15, -0.1) is 0 Å². The Balaban J connectivity index is 2.05. The molecule has 1 fully saturated rings. The maximum absolute atomic E-state index is 12.9. The second kappa shape index (κ2) is 5.57. The highest BCUT2D eigenvalue weighted by Crippen LogP contribution is 2.25. The first-order valence-electron chi connectivity index (χ1n) is 6.41. The van der Waals surface area contributed by atoms with Crippen LogP contribution in [0.5, 0.6) is 5.75 Å². The molecule has 1 aromatic carbocycles. The highest BCUT2D eigenvalue weighted by molar-refractivity contribution is 5.49. The molecule has 1 aromatic rings. The molecule has 0 aromatic heterocycles. The smallest absolute Gasteiger partial charge is 0.119 e. The van der Waals surface area contributed by atoms with Gasteiger partial charge in [-0.2, -0.15) is 0 Å². The van der Waals surface area contributed by atoms with Gasteiger partial charge in [0.1, 0.15) is 12.4 Å². The molecule has 1 aliphatic heterocycles. The third-order valence-electron chi connectivity index (χ3n) is 3.69. The average molecular weight is 252 g/mol. The highest BCUT2D eigenvalue weighted by atomic mass is 19.1. The van der Waals surface area contributed by atoms with Crippen molar-refractivity contribution in [3.63, 3.8) is 0 Å². The van der Waals surface area contributed by atoms with Crippen molar-refractivity contribution in [3.05, 3.63) is 24.3 Å². The van der Waals surface area contributed by atoms with E-state index in [0.29, 0.717) is 6.42 Å². The van der Waals surface area contributed by atoms with Gasteiger partial charge in [0.25, 0.3) is 0 Å². The number of halogens is 1. The van der Waals surface area contributed by atoms with Gasteiger partial charge in [0.05, 0.1) is 7.11 Å². The Bertz CT molecular complexity index is 382. The summed E-state index contributed by atoms with van der Waals surface area (Å²) in [4.78, 5) is 2.27. The van der Waals surface area contributed by atoms with E-state index in [1.165, 1.54) is 0 Å². The maximum Gasteiger partial charge on any atom is 0.119 e. The number of methoxy groups -OCH3 is 1. The quantitative estimate of drug-likeness (QED) is 0.897. The number of benzene rings is 1. The zero-order valence-electron chi connectivity index (χ0n) is 10.9. The zero-order chi connectivity index (χ0) is 13.0. The average Bonchev–Trinajstić information content (AvgIpc) is 2.62. The molecule has 4 heteroatoms. The fourth-order valence-electron chi connectivity index (χ4n) is 2.40. The van der Waals surface area contributed by atoms with Crippen LogP contribution in [0, 0.1) is 0 Å². The topological polar surface area (TPSA) is 38.5 Å². The van der Waals surface area contributed by atoms with E-state index in [2.05, 4.69) is 4.90 Å². The number of rotatable bonds is 3. The Labute approximate surface area is 108 Å². The molecule has 2 rings (SSSR count). The summed E-state index contributed by atoms with van der Waals surface area (Å²) in [5.41, 5.74) is 6.55. The van der Waals surface area contributed by atoms with Crippen LogP contribution in [0.15, 0.2) is 24.3 Å². The van der Waals surface area contributed by atoms with Crippen molar-refractivity contribution in [2.75, 3.05) is 31.8 Å². The fraction of sp³-hybridized carbons (Fsp3) is 0.571. The van der Waals surface area contributed by atoms with E-state index >= 15 is 0 Å². The molecule has 2 N–H and O–H groups in total. The fourth-order valence-corrected chi connectivity index (χ4v) is 2.40. The summed E-state index contributed by atoms with van der Waals surface area (Å²) < 4.78 is 18.1. The summed E-state index contributed by atoms with van der Waals surface area (Å²) in [7, 11) is 1.66. The van der Waals surface area contributed by atoms with E-state index in [1.807, 2.05) is 24.3 Å². The Hall–Kier alpha value is -1.29. The van der Waals surface area contributed by atoms with Crippen LogP contribution in [0.1, 0.15) is 19.3 Å². The van der Waals surface area contributed by atoms with Gasteiger partial charge in [0.2, 0.25) is 0 Å². The van der Waals surface area contributed by atoms with Crippen molar-refractivity contribution < 1.29 is 9.13 Å². The molecule has 1 heterocycles. The summed E-state index contributed by atoms with van der Waals surface area (Å²) in [6.07, 6.45) is 2.40. The van der Waals surface area contributed by atoms with E-state index in [0.717, 1.165) is 37.4 Å². The van der Waals surface area contributed by atoms with Crippen LogP contribution in [-0.2, 0) is 0 Å². The van der Waals surface area contributed by atoms with Crippen LogP contribution in [0.25, 0.3) is 0 Å². The van der Waals surface area contributed by atoms with Crippen LogP contribution in [0.2, 0.25) is 0 Å². The molecule has 1 saturated heterocycles. The van der Waals surface area contributed by atoms with E-state index in [4.69, 9.17) is 10.5 Å². The summed E-state index contributed by atoms with van der Waals surface area (Å²) in [6, 6.07) is 7.98. The molecule has 1 unspecified atom stereocenters. The normalized spacial score (nSPS) is 24.7. The van der Waals surface area contributed by atoms with E-state index < -0.39 is 12.2 Å². The molecule has 0 saturated carbocycles. The zero-order valence-corrected chi connectivity index (χ0v) is 10.9. The lowest BCUT2D eigenvalue weighted by Gasteiger charge is -2.25. The van der Waals surface area contributed by atoms with Gasteiger partial charge in [-0.25, -0.2) is 4.39 Å². The number of nitrogens with zero attached hydrogens (tertiary/aromatic N) is 1. The van der Waals surface area contributed by atoms with Gasteiger partial charge in [0, 0.05) is 24.3 Å². The Morgan fingerprint density at radius 1 is 1.28 bits per heavy atom. The molecule has 100 valence electrons. The Morgan fingerprint density at radius 3 is 2.61 bits per heavy atom. The minimum Gasteiger partial charge on any atom is -0.497 e. The lowest BCUT2D eigenvalue weighted by atomic mass is 9.94. The van der Waals surface area contributed by atoms with Gasteiger partial charge < -0.3 is 15.4 Å². The number of nitrogens with two attached hydrogens (primary N) is 1. The number of ether oxygens (including phenoxy) is 1. The van der Waals surface area contributed by atoms with Crippen LogP contribution in [-0.4, -0.2) is 32.4 Å². The first-order valence-corrected chi connectivity index (χ1v) is 6.41. The van der Waals surface area contributed by atoms with E-state index in [9.17, 15) is 4.39 Å². The molecule has 0 radical (unpaired) electrons. The van der Waals surface area contributed by atoms with Crippen LogP contribution in [0.4, 0.5) is 10.1 Å². The number of anilines is 1. The first kappa shape index (κ1) is 13.1. The Kier molecular flexibility index (Phi) is 4.07. The number of hydrogen-bond donors (Lipinski definition) is 1. The van der Waals surface area contributed by atoms with Crippen molar-refractivity contribution in [1.82, 2.24) is 0 Å². The molecule has 0 bridgehead atoms. The Morgan fingerprint density at radius 2 is 2.00 bits per heavy atom. The monoisotopic (exact) mass is 252 g/mol. The molecule has 0 aliphatic carbocycles. The van der Waals surface area contributed by atoms with Crippen LogP contribution < -0.4 is 15.4 Å². The van der Waals surface area contributed by atoms with Crippen LogP contribution in [0.3, 0.4) is 0 Å². The third-order valence-corrected chi connectivity index (χ3v) is 3.69. The van der Waals surface area contributed by atoms with Crippen molar-refractivity contribution in [3.8, 4) is 5.75 Å². The summed E-state index contributed by atoms with van der Waals surface area (Å²) in [6.45, 7) is 1.32. The van der Waals surface area contributed by atoms with Crippen molar-refractivity contribution in [2.24, 2.45) is 5.73 Å². The largest absolute Gasteiger partial charge is 0.497 e. The van der Waals surface area contributed by atoms with Crippen LogP contribution >= 0.6 is 0 Å². The maximum atomic E-state index is 12.9. The number of hydrogen-bond acceptors (Lipinski definition) is 3. The van der Waals surface area contributed by atoms with Crippen molar-refractivity contribution in [2.45, 2.75) is 24.8 Å². The van der Waals surface area contributed by atoms with Gasteiger partial charge in [-0.3, -0.25) is 0 Å². The van der Waals surface area contributed by atoms with Gasteiger partial charge in [0.15, 0.2) is 0 Å². The van der Waals surface area contributed by atoms with Gasteiger partial charge >= 0.3 is 0 Å². The first-order chi connectivity index (χ1) is 8.67. The lowest BCUT2D eigenvalue weighted by Crippen LogP contribution is -2.43. The van der Waals surface area contributed by atoms with Gasteiger partial charge in [-0.1, -0.05) is 0 Å². The standard InChI is InChI=1S/C14H21FN2O/c1-18-13-5-3-12(4-6-13)17-9-2-7-14(16,11-15)8-10-17/h3-6H,2,7-11,16H2,1H3. The highest BCUT2D eigenvalue weighted by Gasteiger charge is 2.28. The summed E-state index contributed by atoms with van der Waals surface area (Å²) >= 11 is 0. The minimum absolute atomic E-state index is 0.427. The lowest BCUT2D eigenvalue weighted by molar-refractivity contribution is 0.282. The second-order valence-electron chi connectivity index (χ2n) is 5.03. The molecule has 1 aliphatic rings. The molecule has 0 amide bonds. The second-order valence-corrected chi connectivity index (χ2v) is 5.03. The molecule has 0 spiro atoms. The van der Waals surface area contributed by atoms with Crippen molar-refractivity contribution in [1.29, 1.82) is 0 Å². The molecule has 1 atom stereocenters. The van der Waals surface area contributed by atoms with Crippen molar-refractivity contribution >= 4 is 5.69 Å². The SMILES string of the molecule is COc1ccc(N2CCCC(N)(CF)CC2)cc1. The molecular formula is C14H21FN2O. The minimum atomic E-state index is -0.624. The van der Waals surface area contributed by atoms with Gasteiger partial charge in [-0.05, 0) is 43.5 Å². The molecule has 3 nitrogen and oxygen atoms in total. The predicted molar refractivity (Wildman–Crippen MR) is 72.0 cm³/mol. The molecule has 18 heavy (non-hydrogen) atoms. The van der Waals surface area contributed by atoms with E-state index in [-0.39, 0.29) is 0 Å².